The molecule has 2 aromatic rings. The first-order valence-corrected chi connectivity index (χ1v) is 12.4. The Balaban J connectivity index is 1.10. The second-order valence-corrected chi connectivity index (χ2v) is 9.63. The van der Waals surface area contributed by atoms with Gasteiger partial charge in [0.1, 0.15) is 0 Å². The number of benzene rings is 2. The smallest absolute Gasteiger partial charge is 0.227 e. The van der Waals surface area contributed by atoms with Crippen molar-refractivity contribution in [3.8, 4) is 0 Å². The Morgan fingerprint density at radius 3 is 2.41 bits per heavy atom. The lowest BCUT2D eigenvalue weighted by Gasteiger charge is -2.27. The van der Waals surface area contributed by atoms with Crippen molar-refractivity contribution in [3.63, 3.8) is 0 Å². The molecule has 0 N–H and O–H groups in total. The van der Waals surface area contributed by atoms with Crippen molar-refractivity contribution in [1.29, 1.82) is 0 Å². The van der Waals surface area contributed by atoms with Gasteiger partial charge in [-0.1, -0.05) is 37.6 Å². The molecule has 0 atom stereocenters. The van der Waals surface area contributed by atoms with E-state index in [0.29, 0.717) is 18.9 Å². The Labute approximate surface area is 191 Å². The van der Waals surface area contributed by atoms with Crippen LogP contribution in [-0.4, -0.2) is 42.3 Å². The van der Waals surface area contributed by atoms with E-state index >= 15 is 0 Å². The molecule has 5 rings (SSSR count). The van der Waals surface area contributed by atoms with Gasteiger partial charge in [0.25, 0.3) is 0 Å². The van der Waals surface area contributed by atoms with E-state index in [2.05, 4.69) is 48.2 Å². The Bertz CT molecular complexity index is 1000. The number of hydrogen-bond donors (Lipinski definition) is 0. The third-order valence-corrected chi connectivity index (χ3v) is 7.67. The molecule has 0 saturated carbocycles. The van der Waals surface area contributed by atoms with Crippen LogP contribution in [0.4, 0.5) is 5.69 Å². The van der Waals surface area contributed by atoms with E-state index in [4.69, 9.17) is 0 Å². The number of ketones is 1. The largest absolute Gasteiger partial charge is 0.312 e. The molecule has 3 aliphatic rings. The van der Waals surface area contributed by atoms with Gasteiger partial charge in [-0.2, -0.15) is 0 Å². The highest BCUT2D eigenvalue weighted by Gasteiger charge is 2.32. The monoisotopic (exact) mass is 430 g/mol. The first-order valence-electron chi connectivity index (χ1n) is 12.4. The molecule has 0 aromatic heterocycles. The van der Waals surface area contributed by atoms with E-state index < -0.39 is 0 Å². The number of aryl methyl sites for hydroxylation is 1. The van der Waals surface area contributed by atoms with Crippen LogP contribution in [0.15, 0.2) is 36.4 Å². The van der Waals surface area contributed by atoms with Gasteiger partial charge in [0, 0.05) is 31.0 Å². The summed E-state index contributed by atoms with van der Waals surface area (Å²) in [5, 5.41) is 0. The predicted octanol–water partition coefficient (Wildman–Crippen LogP) is 4.75. The van der Waals surface area contributed by atoms with Crippen LogP contribution in [0.2, 0.25) is 0 Å². The van der Waals surface area contributed by atoms with E-state index in [1.807, 2.05) is 4.90 Å². The molecule has 1 amide bonds. The Morgan fingerprint density at radius 1 is 0.969 bits per heavy atom. The van der Waals surface area contributed by atoms with Gasteiger partial charge in [-0.25, -0.2) is 0 Å². The van der Waals surface area contributed by atoms with E-state index in [-0.39, 0.29) is 11.7 Å². The Hall–Kier alpha value is -2.46. The maximum atomic E-state index is 12.9. The summed E-state index contributed by atoms with van der Waals surface area (Å²) in [4.78, 5) is 29.5. The van der Waals surface area contributed by atoms with Crippen LogP contribution in [0.5, 0.6) is 0 Å². The molecule has 1 aliphatic carbocycles. The molecule has 0 unspecified atom stereocenters. The highest BCUT2D eigenvalue weighted by molar-refractivity contribution is 6.02. The molecule has 0 spiro atoms. The summed E-state index contributed by atoms with van der Waals surface area (Å²) >= 11 is 0. The first-order chi connectivity index (χ1) is 15.6. The summed E-state index contributed by atoms with van der Waals surface area (Å²) in [6.07, 6.45) is 8.41. The van der Waals surface area contributed by atoms with Crippen molar-refractivity contribution in [1.82, 2.24) is 4.90 Å². The number of likely N-dealkylation sites (N-methyl/N-ethyl adjacent to an activating group) is 1. The molecular weight excluding hydrogens is 396 g/mol. The van der Waals surface area contributed by atoms with E-state index in [1.165, 1.54) is 35.1 Å². The number of Topliss-reactive ketones (excluding diaryl/α,β-unsaturated/α-hetero) is 1. The number of nitrogens with zero attached hydrogens (tertiary/aromatic N) is 2. The number of amides is 1. The zero-order valence-corrected chi connectivity index (χ0v) is 19.2. The highest BCUT2D eigenvalue weighted by atomic mass is 16.2. The van der Waals surface area contributed by atoms with Crippen molar-refractivity contribution < 1.29 is 9.59 Å². The Kier molecular flexibility index (Phi) is 6.14. The summed E-state index contributed by atoms with van der Waals surface area (Å²) in [6, 6.07) is 13.6. The maximum absolute atomic E-state index is 12.9. The van der Waals surface area contributed by atoms with Crippen LogP contribution in [0.1, 0.15) is 71.6 Å². The van der Waals surface area contributed by atoms with Crippen molar-refractivity contribution in [2.75, 3.05) is 24.5 Å². The van der Waals surface area contributed by atoms with Gasteiger partial charge < -0.3 is 9.80 Å². The van der Waals surface area contributed by atoms with Crippen molar-refractivity contribution >= 4 is 17.4 Å². The Morgan fingerprint density at radius 2 is 1.69 bits per heavy atom. The van der Waals surface area contributed by atoms with Crippen LogP contribution < -0.4 is 4.90 Å². The summed E-state index contributed by atoms with van der Waals surface area (Å²) < 4.78 is 0. The molecule has 0 bridgehead atoms. The van der Waals surface area contributed by atoms with Gasteiger partial charge in [-0.05, 0) is 86.0 Å². The van der Waals surface area contributed by atoms with Crippen LogP contribution in [0.3, 0.4) is 0 Å². The lowest BCUT2D eigenvalue weighted by Crippen LogP contribution is -2.36. The van der Waals surface area contributed by atoms with Gasteiger partial charge in [0.05, 0.1) is 5.69 Å². The fraction of sp³-hybridized carbons (Fsp3) is 0.500. The predicted molar refractivity (Wildman–Crippen MR) is 129 cm³/mol. The maximum Gasteiger partial charge on any atom is 0.227 e. The third-order valence-electron chi connectivity index (χ3n) is 7.67. The number of carbonyl (C=O) groups excluding carboxylic acids is 2. The SMILES string of the molecule is CCN(CCCCCC(=O)c1cc2c3c(c1)CCN3C(=O)CC2)C1Cc2ccccc2C1. The van der Waals surface area contributed by atoms with Gasteiger partial charge in [-0.15, -0.1) is 0 Å². The first kappa shape index (κ1) is 21.4. The minimum absolute atomic E-state index is 0.234. The summed E-state index contributed by atoms with van der Waals surface area (Å²) in [5.74, 6) is 0.496. The van der Waals surface area contributed by atoms with Crippen LogP contribution in [0.25, 0.3) is 0 Å². The highest BCUT2D eigenvalue weighted by Crippen LogP contribution is 2.37. The minimum Gasteiger partial charge on any atom is -0.312 e. The number of hydrogen-bond acceptors (Lipinski definition) is 3. The molecule has 168 valence electrons. The molecule has 0 radical (unpaired) electrons. The summed E-state index contributed by atoms with van der Waals surface area (Å²) in [5.41, 5.74) is 7.37. The molecule has 2 heterocycles. The second-order valence-electron chi connectivity index (χ2n) is 9.63. The number of unbranched alkanes of at least 4 members (excludes halogenated alkanes) is 2. The molecule has 2 aromatic carbocycles. The average Bonchev–Trinajstić information content (AvgIpc) is 3.43. The lowest BCUT2D eigenvalue weighted by molar-refractivity contribution is -0.118. The van der Waals surface area contributed by atoms with Crippen molar-refractivity contribution in [2.24, 2.45) is 0 Å². The zero-order valence-electron chi connectivity index (χ0n) is 19.2. The second kappa shape index (κ2) is 9.19. The van der Waals surface area contributed by atoms with Crippen molar-refractivity contribution in [2.45, 2.75) is 70.8 Å². The summed E-state index contributed by atoms with van der Waals surface area (Å²) in [7, 11) is 0. The fourth-order valence-electron chi connectivity index (χ4n) is 5.93. The average molecular weight is 431 g/mol. The standard InChI is InChI=1S/C28H34N2O2/c1-2-29(25-18-20-8-5-6-9-21(20)19-25)14-7-3-4-10-26(31)24-16-22-11-12-27(32)30-15-13-23(17-24)28(22)30/h5-6,8-9,16-17,25H,2-4,7,10-15,18-19H2,1H3. The fourth-order valence-corrected chi connectivity index (χ4v) is 5.93. The van der Waals surface area contributed by atoms with Gasteiger partial charge in [-0.3, -0.25) is 9.59 Å². The number of fused-ring (bicyclic) bond motifs is 1. The van der Waals surface area contributed by atoms with Crippen LogP contribution in [-0.2, 0) is 30.5 Å². The molecule has 0 saturated heterocycles. The molecule has 4 nitrogen and oxygen atoms in total. The van der Waals surface area contributed by atoms with Crippen molar-refractivity contribution in [3.05, 3.63) is 64.2 Å². The topological polar surface area (TPSA) is 40.6 Å². The third kappa shape index (κ3) is 4.13. The normalized spacial score (nSPS) is 17.2. The van der Waals surface area contributed by atoms with Crippen LogP contribution in [0, 0.1) is 0 Å². The zero-order chi connectivity index (χ0) is 22.1. The number of rotatable bonds is 9. The number of carbonyl (C=O) groups is 2. The molecule has 2 aliphatic heterocycles. The van der Waals surface area contributed by atoms with E-state index in [1.54, 1.807) is 0 Å². The van der Waals surface area contributed by atoms with E-state index in [0.717, 1.165) is 63.0 Å². The van der Waals surface area contributed by atoms with Gasteiger partial charge in [0.15, 0.2) is 5.78 Å². The minimum atomic E-state index is 0.234. The lowest BCUT2D eigenvalue weighted by atomic mass is 9.94. The van der Waals surface area contributed by atoms with Gasteiger partial charge in [0.2, 0.25) is 5.91 Å². The quantitative estimate of drug-likeness (QED) is 0.426. The van der Waals surface area contributed by atoms with Gasteiger partial charge >= 0.3 is 0 Å². The molecular formula is C28H34N2O2. The molecule has 0 fully saturated rings. The van der Waals surface area contributed by atoms with Crippen LogP contribution >= 0.6 is 0 Å². The van der Waals surface area contributed by atoms with E-state index in [9.17, 15) is 9.59 Å². The molecule has 4 heteroatoms. The number of anilines is 1. The summed E-state index contributed by atoms with van der Waals surface area (Å²) in [6.45, 7) is 5.26. The molecule has 32 heavy (non-hydrogen) atoms.